The Balaban J connectivity index is 2.37. The van der Waals surface area contributed by atoms with Crippen LogP contribution in [0.3, 0.4) is 0 Å². The van der Waals surface area contributed by atoms with Crippen LogP contribution in [0.4, 0.5) is 0 Å². The molecule has 0 saturated heterocycles. The Hall–Kier alpha value is -1.02. The number of rotatable bonds is 9. The van der Waals surface area contributed by atoms with Crippen LogP contribution in [0.5, 0.6) is 0 Å². The molecule has 0 unspecified atom stereocenters. The van der Waals surface area contributed by atoms with Gasteiger partial charge in [-0.15, -0.1) is 0 Å². The standard InChI is InChI=1S/C13H23N3O3S/c1-11(2)10-19-7-3-6-16-20(17,18)13-5-4-12(8-14)15-9-13/h4-5,9,11,16H,3,6-8,10,14H2,1-2H3. The van der Waals surface area contributed by atoms with Crippen molar-refractivity contribution >= 4 is 10.0 Å². The molecule has 20 heavy (non-hydrogen) atoms. The first-order chi connectivity index (χ1) is 9.45. The Bertz CT molecular complexity index is 486. The minimum atomic E-state index is -3.50. The Morgan fingerprint density at radius 1 is 1.40 bits per heavy atom. The molecule has 0 radical (unpaired) electrons. The summed E-state index contributed by atoms with van der Waals surface area (Å²) in [5, 5.41) is 0. The van der Waals surface area contributed by atoms with E-state index in [-0.39, 0.29) is 4.90 Å². The van der Waals surface area contributed by atoms with Crippen LogP contribution in [0.2, 0.25) is 0 Å². The average Bonchev–Trinajstić information content (AvgIpc) is 2.42. The molecular weight excluding hydrogens is 278 g/mol. The molecular formula is C13H23N3O3S. The second-order valence-corrected chi connectivity index (χ2v) is 6.68. The highest BCUT2D eigenvalue weighted by Crippen LogP contribution is 2.07. The van der Waals surface area contributed by atoms with E-state index in [4.69, 9.17) is 10.5 Å². The topological polar surface area (TPSA) is 94.3 Å². The Labute approximate surface area is 120 Å². The zero-order valence-electron chi connectivity index (χ0n) is 12.0. The van der Waals surface area contributed by atoms with Crippen molar-refractivity contribution in [2.75, 3.05) is 19.8 Å². The van der Waals surface area contributed by atoms with Crippen LogP contribution in [0, 0.1) is 5.92 Å². The maximum Gasteiger partial charge on any atom is 0.242 e. The minimum Gasteiger partial charge on any atom is -0.381 e. The van der Waals surface area contributed by atoms with Crippen molar-refractivity contribution in [3.63, 3.8) is 0 Å². The van der Waals surface area contributed by atoms with Gasteiger partial charge in [0.2, 0.25) is 10.0 Å². The summed E-state index contributed by atoms with van der Waals surface area (Å²) < 4.78 is 31.8. The van der Waals surface area contributed by atoms with E-state index in [1.54, 1.807) is 6.07 Å². The van der Waals surface area contributed by atoms with E-state index >= 15 is 0 Å². The van der Waals surface area contributed by atoms with Gasteiger partial charge in [0.1, 0.15) is 4.90 Å². The maximum atomic E-state index is 11.9. The zero-order valence-corrected chi connectivity index (χ0v) is 12.8. The molecule has 1 aromatic heterocycles. The number of aromatic nitrogens is 1. The van der Waals surface area contributed by atoms with Gasteiger partial charge in [-0.2, -0.15) is 0 Å². The van der Waals surface area contributed by atoms with Crippen LogP contribution in [0.25, 0.3) is 0 Å². The molecule has 0 bridgehead atoms. The minimum absolute atomic E-state index is 0.151. The molecule has 1 aromatic rings. The van der Waals surface area contributed by atoms with Gasteiger partial charge in [-0.3, -0.25) is 4.98 Å². The molecule has 0 saturated carbocycles. The normalized spacial score (nSPS) is 12.0. The van der Waals surface area contributed by atoms with Gasteiger partial charge >= 0.3 is 0 Å². The van der Waals surface area contributed by atoms with Crippen molar-refractivity contribution < 1.29 is 13.2 Å². The van der Waals surface area contributed by atoms with Crippen molar-refractivity contribution in [3.05, 3.63) is 24.0 Å². The molecule has 0 aromatic carbocycles. The zero-order chi connectivity index (χ0) is 15.0. The molecule has 0 amide bonds. The van der Waals surface area contributed by atoms with Gasteiger partial charge in [0.15, 0.2) is 0 Å². The summed E-state index contributed by atoms with van der Waals surface area (Å²) in [5.41, 5.74) is 6.07. The monoisotopic (exact) mass is 301 g/mol. The summed E-state index contributed by atoms with van der Waals surface area (Å²) in [6, 6.07) is 3.12. The van der Waals surface area contributed by atoms with Crippen LogP contribution in [0.1, 0.15) is 26.0 Å². The average molecular weight is 301 g/mol. The molecule has 0 aliphatic carbocycles. The number of nitrogens with one attached hydrogen (secondary N) is 1. The lowest BCUT2D eigenvalue weighted by atomic mass is 10.2. The van der Waals surface area contributed by atoms with Gasteiger partial charge in [-0.25, -0.2) is 13.1 Å². The lowest BCUT2D eigenvalue weighted by Crippen LogP contribution is -2.26. The van der Waals surface area contributed by atoms with Gasteiger partial charge in [-0.05, 0) is 24.5 Å². The van der Waals surface area contributed by atoms with Crippen LogP contribution in [-0.2, 0) is 21.3 Å². The second-order valence-electron chi connectivity index (χ2n) is 4.91. The largest absolute Gasteiger partial charge is 0.381 e. The number of ether oxygens (including phenoxy) is 1. The van der Waals surface area contributed by atoms with Crippen molar-refractivity contribution in [1.29, 1.82) is 0 Å². The molecule has 0 aliphatic rings. The fourth-order valence-corrected chi connectivity index (χ4v) is 2.49. The van der Waals surface area contributed by atoms with Crippen LogP contribution >= 0.6 is 0 Å². The summed E-state index contributed by atoms with van der Waals surface area (Å²) in [4.78, 5) is 4.12. The van der Waals surface area contributed by atoms with Crippen molar-refractivity contribution in [1.82, 2.24) is 9.71 Å². The third kappa shape index (κ3) is 5.96. The lowest BCUT2D eigenvalue weighted by molar-refractivity contribution is 0.108. The van der Waals surface area contributed by atoms with Crippen LogP contribution < -0.4 is 10.5 Å². The van der Waals surface area contributed by atoms with E-state index in [0.717, 1.165) is 0 Å². The van der Waals surface area contributed by atoms with E-state index in [9.17, 15) is 8.42 Å². The molecule has 0 atom stereocenters. The molecule has 114 valence electrons. The molecule has 0 aliphatic heterocycles. The number of hydrogen-bond acceptors (Lipinski definition) is 5. The van der Waals surface area contributed by atoms with E-state index in [2.05, 4.69) is 23.6 Å². The third-order valence-electron chi connectivity index (χ3n) is 2.53. The predicted molar refractivity (Wildman–Crippen MR) is 77.6 cm³/mol. The second kappa shape index (κ2) is 8.31. The Morgan fingerprint density at radius 2 is 2.15 bits per heavy atom. The van der Waals surface area contributed by atoms with Gasteiger partial charge in [-0.1, -0.05) is 13.8 Å². The lowest BCUT2D eigenvalue weighted by Gasteiger charge is -2.08. The number of hydrogen-bond donors (Lipinski definition) is 2. The smallest absolute Gasteiger partial charge is 0.242 e. The molecule has 0 fully saturated rings. The van der Waals surface area contributed by atoms with Gasteiger partial charge in [0.05, 0.1) is 5.69 Å². The fraction of sp³-hybridized carbons (Fsp3) is 0.615. The SMILES string of the molecule is CC(C)COCCCNS(=O)(=O)c1ccc(CN)nc1. The number of pyridine rings is 1. The third-order valence-corrected chi connectivity index (χ3v) is 3.97. The molecule has 3 N–H and O–H groups in total. The quantitative estimate of drug-likeness (QED) is 0.660. The molecule has 1 heterocycles. The van der Waals surface area contributed by atoms with E-state index in [1.807, 2.05) is 0 Å². The maximum absolute atomic E-state index is 11.9. The summed E-state index contributed by atoms with van der Waals surface area (Å²) in [6.45, 7) is 6.02. The first-order valence-electron chi connectivity index (χ1n) is 6.68. The molecule has 0 spiro atoms. The van der Waals surface area contributed by atoms with Crippen molar-refractivity contribution in [3.8, 4) is 0 Å². The Kier molecular flexibility index (Phi) is 7.08. The highest BCUT2D eigenvalue weighted by atomic mass is 32.2. The first kappa shape index (κ1) is 17.0. The highest BCUT2D eigenvalue weighted by molar-refractivity contribution is 7.89. The van der Waals surface area contributed by atoms with Crippen LogP contribution in [-0.4, -0.2) is 33.2 Å². The van der Waals surface area contributed by atoms with Gasteiger partial charge < -0.3 is 10.5 Å². The fourth-order valence-electron chi connectivity index (χ4n) is 1.47. The van der Waals surface area contributed by atoms with E-state index in [0.29, 0.717) is 44.3 Å². The van der Waals surface area contributed by atoms with E-state index in [1.165, 1.54) is 12.3 Å². The summed E-state index contributed by atoms with van der Waals surface area (Å²) in [5.74, 6) is 0.485. The molecule has 1 rings (SSSR count). The number of nitrogens with zero attached hydrogens (tertiary/aromatic N) is 1. The summed E-state index contributed by atoms with van der Waals surface area (Å²) in [6.07, 6.45) is 1.96. The van der Waals surface area contributed by atoms with Crippen molar-refractivity contribution in [2.45, 2.75) is 31.7 Å². The highest BCUT2D eigenvalue weighted by Gasteiger charge is 2.13. The van der Waals surface area contributed by atoms with Crippen molar-refractivity contribution in [2.24, 2.45) is 11.7 Å². The molecule has 7 heteroatoms. The van der Waals surface area contributed by atoms with Gasteiger partial charge in [0.25, 0.3) is 0 Å². The van der Waals surface area contributed by atoms with Gasteiger partial charge in [0, 0.05) is 32.5 Å². The summed E-state index contributed by atoms with van der Waals surface area (Å²) >= 11 is 0. The molecule has 6 nitrogen and oxygen atoms in total. The first-order valence-corrected chi connectivity index (χ1v) is 8.16. The number of nitrogens with two attached hydrogens (primary N) is 1. The summed E-state index contributed by atoms with van der Waals surface area (Å²) in [7, 11) is -3.50. The van der Waals surface area contributed by atoms with Crippen LogP contribution in [0.15, 0.2) is 23.2 Å². The Morgan fingerprint density at radius 3 is 2.70 bits per heavy atom. The van der Waals surface area contributed by atoms with E-state index < -0.39 is 10.0 Å². The predicted octanol–water partition coefficient (Wildman–Crippen LogP) is 0.881. The number of sulfonamides is 1.